The summed E-state index contributed by atoms with van der Waals surface area (Å²) in [5, 5.41) is 0. The Morgan fingerprint density at radius 3 is 2.40 bits per heavy atom. The Hall–Kier alpha value is -0.600. The van der Waals surface area contributed by atoms with Gasteiger partial charge in [0.05, 0.1) is 0 Å². The van der Waals surface area contributed by atoms with E-state index in [9.17, 15) is 4.39 Å². The standard InChI is InChI=1S/C12H16FN.ClH/c13-11-6-4-5-10(9-11)12(14)7-2-1-3-8-12;/h4-6,9H,1-3,7-8,14H2;1H. The van der Waals surface area contributed by atoms with Gasteiger partial charge in [0.15, 0.2) is 0 Å². The molecule has 1 aliphatic rings. The van der Waals surface area contributed by atoms with Crippen molar-refractivity contribution in [2.75, 3.05) is 0 Å². The lowest BCUT2D eigenvalue weighted by atomic mass is 9.77. The molecule has 1 aromatic carbocycles. The van der Waals surface area contributed by atoms with E-state index in [0.29, 0.717) is 0 Å². The molecule has 0 unspecified atom stereocenters. The quantitative estimate of drug-likeness (QED) is 0.785. The second kappa shape index (κ2) is 4.95. The molecule has 3 heteroatoms. The summed E-state index contributed by atoms with van der Waals surface area (Å²) in [6.07, 6.45) is 5.54. The highest BCUT2D eigenvalue weighted by Gasteiger charge is 2.29. The number of halogens is 2. The van der Waals surface area contributed by atoms with Crippen LogP contribution in [0.15, 0.2) is 24.3 Å². The van der Waals surface area contributed by atoms with Crippen LogP contribution in [-0.4, -0.2) is 0 Å². The van der Waals surface area contributed by atoms with Gasteiger partial charge >= 0.3 is 0 Å². The number of rotatable bonds is 1. The summed E-state index contributed by atoms with van der Waals surface area (Å²) in [4.78, 5) is 0. The van der Waals surface area contributed by atoms with E-state index >= 15 is 0 Å². The molecule has 0 atom stereocenters. The van der Waals surface area contributed by atoms with Gasteiger partial charge in [0.1, 0.15) is 5.82 Å². The van der Waals surface area contributed by atoms with E-state index in [1.165, 1.54) is 12.5 Å². The molecule has 1 saturated carbocycles. The third-order valence-electron chi connectivity index (χ3n) is 3.15. The van der Waals surface area contributed by atoms with Gasteiger partial charge in [-0.1, -0.05) is 31.4 Å². The fraction of sp³-hybridized carbons (Fsp3) is 0.500. The second-order valence-corrected chi connectivity index (χ2v) is 4.23. The summed E-state index contributed by atoms with van der Waals surface area (Å²) in [5.74, 6) is -0.183. The van der Waals surface area contributed by atoms with Crippen LogP contribution in [0.1, 0.15) is 37.7 Å². The van der Waals surface area contributed by atoms with Crippen LogP contribution >= 0.6 is 12.4 Å². The Morgan fingerprint density at radius 1 is 1.13 bits per heavy atom. The monoisotopic (exact) mass is 229 g/mol. The largest absolute Gasteiger partial charge is 0.321 e. The number of nitrogens with two attached hydrogens (primary N) is 1. The van der Waals surface area contributed by atoms with Gasteiger partial charge in [-0.05, 0) is 30.5 Å². The van der Waals surface area contributed by atoms with Gasteiger partial charge in [-0.15, -0.1) is 12.4 Å². The zero-order valence-electron chi connectivity index (χ0n) is 8.71. The smallest absolute Gasteiger partial charge is 0.123 e. The van der Waals surface area contributed by atoms with Crippen molar-refractivity contribution in [1.82, 2.24) is 0 Å². The summed E-state index contributed by atoms with van der Waals surface area (Å²) in [5.41, 5.74) is 6.96. The normalized spacial score (nSPS) is 19.3. The topological polar surface area (TPSA) is 26.0 Å². The van der Waals surface area contributed by atoms with E-state index < -0.39 is 0 Å². The summed E-state index contributed by atoms with van der Waals surface area (Å²) in [6.45, 7) is 0. The van der Waals surface area contributed by atoms with Crippen molar-refractivity contribution in [3.05, 3.63) is 35.6 Å². The third-order valence-corrected chi connectivity index (χ3v) is 3.15. The first-order valence-electron chi connectivity index (χ1n) is 5.26. The van der Waals surface area contributed by atoms with Gasteiger partial charge in [-0.25, -0.2) is 4.39 Å². The average molecular weight is 230 g/mol. The fourth-order valence-electron chi connectivity index (χ4n) is 2.27. The molecule has 0 bridgehead atoms. The van der Waals surface area contributed by atoms with Crippen molar-refractivity contribution in [3.8, 4) is 0 Å². The van der Waals surface area contributed by atoms with Gasteiger partial charge in [-0.2, -0.15) is 0 Å². The number of hydrogen-bond donors (Lipinski definition) is 1. The molecule has 0 aliphatic heterocycles. The third kappa shape index (κ3) is 2.70. The molecule has 2 rings (SSSR count). The SMILES string of the molecule is Cl.NC1(c2cccc(F)c2)CCCCC1. The molecule has 1 nitrogen and oxygen atoms in total. The van der Waals surface area contributed by atoms with Crippen molar-refractivity contribution in [2.24, 2.45) is 5.73 Å². The summed E-state index contributed by atoms with van der Waals surface area (Å²) < 4.78 is 13.0. The zero-order valence-corrected chi connectivity index (χ0v) is 9.52. The lowest BCUT2D eigenvalue weighted by molar-refractivity contribution is 0.301. The van der Waals surface area contributed by atoms with Crippen LogP contribution in [0.3, 0.4) is 0 Å². The van der Waals surface area contributed by atoms with Crippen LogP contribution in [-0.2, 0) is 5.54 Å². The highest BCUT2D eigenvalue weighted by atomic mass is 35.5. The van der Waals surface area contributed by atoms with Gasteiger partial charge in [0.2, 0.25) is 0 Å². The van der Waals surface area contributed by atoms with Gasteiger partial charge in [0.25, 0.3) is 0 Å². The fourth-order valence-corrected chi connectivity index (χ4v) is 2.27. The van der Waals surface area contributed by atoms with Crippen LogP contribution < -0.4 is 5.73 Å². The van der Waals surface area contributed by atoms with Crippen LogP contribution in [0.2, 0.25) is 0 Å². The van der Waals surface area contributed by atoms with Crippen molar-refractivity contribution in [1.29, 1.82) is 0 Å². The van der Waals surface area contributed by atoms with Crippen molar-refractivity contribution < 1.29 is 4.39 Å². The Morgan fingerprint density at radius 2 is 1.80 bits per heavy atom. The predicted octanol–water partition coefficient (Wildman–Crippen LogP) is 3.37. The summed E-state index contributed by atoms with van der Waals surface area (Å²) in [7, 11) is 0. The highest BCUT2D eigenvalue weighted by molar-refractivity contribution is 5.85. The first kappa shape index (κ1) is 12.5. The molecule has 1 fully saturated rings. The molecule has 0 heterocycles. The van der Waals surface area contributed by atoms with E-state index in [2.05, 4.69) is 0 Å². The van der Waals surface area contributed by atoms with Crippen LogP contribution in [0.25, 0.3) is 0 Å². The van der Waals surface area contributed by atoms with E-state index in [-0.39, 0.29) is 23.8 Å². The molecule has 0 radical (unpaired) electrons. The Kier molecular flexibility index (Phi) is 4.12. The molecule has 15 heavy (non-hydrogen) atoms. The molecule has 1 aliphatic carbocycles. The molecule has 0 spiro atoms. The first-order chi connectivity index (χ1) is 6.71. The summed E-state index contributed by atoms with van der Waals surface area (Å²) in [6, 6.07) is 6.73. The first-order valence-corrected chi connectivity index (χ1v) is 5.26. The zero-order chi connectivity index (χ0) is 10.0. The van der Waals surface area contributed by atoms with Gasteiger partial charge in [-0.3, -0.25) is 0 Å². The number of hydrogen-bond acceptors (Lipinski definition) is 1. The van der Waals surface area contributed by atoms with Gasteiger partial charge < -0.3 is 5.73 Å². The van der Waals surface area contributed by atoms with Crippen LogP contribution in [0.5, 0.6) is 0 Å². The number of benzene rings is 1. The Labute approximate surface area is 96.3 Å². The molecule has 1 aromatic rings. The van der Waals surface area contributed by atoms with Crippen molar-refractivity contribution in [2.45, 2.75) is 37.6 Å². The molecular formula is C12H17ClFN. The lowest BCUT2D eigenvalue weighted by Crippen LogP contribution is -2.38. The Bertz CT molecular complexity index is 321. The molecule has 0 aromatic heterocycles. The van der Waals surface area contributed by atoms with E-state index in [0.717, 1.165) is 31.2 Å². The van der Waals surface area contributed by atoms with Gasteiger partial charge in [0, 0.05) is 5.54 Å². The van der Waals surface area contributed by atoms with Crippen LogP contribution in [0.4, 0.5) is 4.39 Å². The molecule has 0 saturated heterocycles. The van der Waals surface area contributed by atoms with E-state index in [1.807, 2.05) is 6.07 Å². The second-order valence-electron chi connectivity index (χ2n) is 4.23. The average Bonchev–Trinajstić information content (AvgIpc) is 2.19. The lowest BCUT2D eigenvalue weighted by Gasteiger charge is -2.33. The minimum absolute atomic E-state index is 0. The minimum atomic E-state index is -0.277. The maximum absolute atomic E-state index is 13.0. The maximum Gasteiger partial charge on any atom is 0.123 e. The predicted molar refractivity (Wildman–Crippen MR) is 62.6 cm³/mol. The van der Waals surface area contributed by atoms with Crippen molar-refractivity contribution in [3.63, 3.8) is 0 Å². The van der Waals surface area contributed by atoms with Crippen LogP contribution in [0, 0.1) is 5.82 Å². The molecule has 84 valence electrons. The molecule has 2 N–H and O–H groups in total. The molecular weight excluding hydrogens is 213 g/mol. The summed E-state index contributed by atoms with van der Waals surface area (Å²) >= 11 is 0. The van der Waals surface area contributed by atoms with E-state index in [1.54, 1.807) is 12.1 Å². The maximum atomic E-state index is 13.0. The molecule has 0 amide bonds. The Balaban J connectivity index is 0.00000112. The van der Waals surface area contributed by atoms with E-state index in [4.69, 9.17) is 5.73 Å². The van der Waals surface area contributed by atoms with Crippen molar-refractivity contribution >= 4 is 12.4 Å². The highest BCUT2D eigenvalue weighted by Crippen LogP contribution is 2.34. The minimum Gasteiger partial charge on any atom is -0.321 e.